The number of hydrogen-bond donors (Lipinski definition) is 0. The van der Waals surface area contributed by atoms with Crippen LogP contribution < -0.4 is 0 Å². The van der Waals surface area contributed by atoms with Crippen molar-refractivity contribution in [2.45, 2.75) is 125 Å². The van der Waals surface area contributed by atoms with E-state index in [2.05, 4.69) is 48.1 Å². The molecule has 5 fully saturated rings. The molecule has 5 aliphatic carbocycles. The highest BCUT2D eigenvalue weighted by molar-refractivity contribution is 5.66. The molecular formula is C32H52O2. The Labute approximate surface area is 210 Å². The Morgan fingerprint density at radius 3 is 2.38 bits per heavy atom. The fourth-order valence-electron chi connectivity index (χ4n) is 11.2. The van der Waals surface area contributed by atoms with Gasteiger partial charge in [-0.1, -0.05) is 53.7 Å². The number of carbonyl (C=O) groups is 1. The zero-order chi connectivity index (χ0) is 24.7. The van der Waals surface area contributed by atoms with Crippen molar-refractivity contribution in [1.82, 2.24) is 0 Å². The van der Waals surface area contributed by atoms with E-state index in [4.69, 9.17) is 4.74 Å². The van der Waals surface area contributed by atoms with Crippen molar-refractivity contribution in [2.24, 2.45) is 57.2 Å². The molecule has 2 nitrogen and oxygen atoms in total. The maximum absolute atomic E-state index is 11.7. The third kappa shape index (κ3) is 3.21. The Morgan fingerprint density at radius 2 is 1.71 bits per heavy atom. The number of esters is 1. The van der Waals surface area contributed by atoms with E-state index in [1.807, 2.05) is 0 Å². The molecule has 192 valence electrons. The maximum Gasteiger partial charge on any atom is 0.302 e. The molecule has 2 heteroatoms. The van der Waals surface area contributed by atoms with Crippen LogP contribution in [0, 0.1) is 57.2 Å². The van der Waals surface area contributed by atoms with Gasteiger partial charge in [0.25, 0.3) is 0 Å². The lowest BCUT2D eigenvalue weighted by Gasteiger charge is -2.62. The zero-order valence-electron chi connectivity index (χ0n) is 23.3. The minimum atomic E-state index is -0.0870. The van der Waals surface area contributed by atoms with E-state index in [1.165, 1.54) is 69.8 Å². The largest absolute Gasteiger partial charge is 0.462 e. The third-order valence-electron chi connectivity index (χ3n) is 13.4. The van der Waals surface area contributed by atoms with Gasteiger partial charge in [0.05, 0.1) is 0 Å². The average Bonchev–Trinajstić information content (AvgIpc) is 3.36. The first-order valence-corrected chi connectivity index (χ1v) is 14.8. The zero-order valence-corrected chi connectivity index (χ0v) is 23.3. The lowest BCUT2D eigenvalue weighted by Crippen LogP contribution is -2.56. The van der Waals surface area contributed by atoms with E-state index < -0.39 is 0 Å². The Morgan fingerprint density at radius 1 is 0.971 bits per heavy atom. The Kier molecular flexibility index (Phi) is 5.93. The predicted octanol–water partition coefficient (Wildman–Crippen LogP) is 8.60. The van der Waals surface area contributed by atoms with E-state index in [0.29, 0.717) is 33.5 Å². The van der Waals surface area contributed by atoms with Gasteiger partial charge in [-0.05, 0) is 128 Å². The van der Waals surface area contributed by atoms with Gasteiger partial charge in [0, 0.05) is 6.92 Å². The van der Waals surface area contributed by atoms with Crippen molar-refractivity contribution >= 4 is 5.97 Å². The summed E-state index contributed by atoms with van der Waals surface area (Å²) in [4.78, 5) is 11.7. The molecule has 0 saturated heterocycles. The van der Waals surface area contributed by atoms with Gasteiger partial charge in [0.15, 0.2) is 0 Å². The molecule has 0 aromatic heterocycles. The van der Waals surface area contributed by atoms with Crippen LogP contribution in [0.15, 0.2) is 12.2 Å². The normalized spacial score (nSPS) is 49.9. The molecule has 0 heterocycles. The summed E-state index contributed by atoms with van der Waals surface area (Å²) in [6, 6.07) is 0. The summed E-state index contributed by atoms with van der Waals surface area (Å²) in [5, 5.41) is 0. The summed E-state index contributed by atoms with van der Waals surface area (Å²) in [6.07, 6.45) is 15.1. The van der Waals surface area contributed by atoms with Gasteiger partial charge in [-0.25, -0.2) is 0 Å². The number of allylic oxidation sites excluding steroid dienone is 1. The second-order valence-corrected chi connectivity index (χ2v) is 14.6. The molecule has 34 heavy (non-hydrogen) atoms. The SMILES string of the molecule is C=C(CC[C@@H](C)[C@H]1CC[C@@]2(C)[C@@H]3CC[C@H]4[C@H](C)[C@H](OC(C)=O)CC[C@@]45C[C@@]35CC[C@]12C)C(C)C. The van der Waals surface area contributed by atoms with Crippen LogP contribution in [0.3, 0.4) is 0 Å². The first kappa shape index (κ1) is 24.9. The fraction of sp³-hybridized carbons (Fsp3) is 0.906. The minimum absolute atomic E-state index is 0.0870. The van der Waals surface area contributed by atoms with Crippen LogP contribution in [0.1, 0.15) is 119 Å². The standard InChI is InChI=1S/C32H52O2/c1-20(2)21(3)9-10-22(4)25-13-15-30(8)28-12-11-26-23(5)27(34-24(6)33)14-16-31(26)19-32(28,31)18-17-29(25,30)7/h20,22-23,25-28H,3,9-19H2,1-2,4-8H3/t22-,23+,25-,26+,27-,28+,29-,30+,31-,32+/m1/s1. The molecule has 0 aromatic rings. The first-order valence-electron chi connectivity index (χ1n) is 14.8. The molecule has 5 rings (SSSR count). The van der Waals surface area contributed by atoms with E-state index >= 15 is 0 Å². The third-order valence-corrected chi connectivity index (χ3v) is 13.4. The molecule has 2 spiro atoms. The van der Waals surface area contributed by atoms with E-state index in [9.17, 15) is 4.79 Å². The molecule has 10 atom stereocenters. The van der Waals surface area contributed by atoms with Gasteiger partial charge < -0.3 is 4.74 Å². The van der Waals surface area contributed by atoms with E-state index in [-0.39, 0.29) is 12.1 Å². The van der Waals surface area contributed by atoms with Crippen LogP contribution >= 0.6 is 0 Å². The number of hydrogen-bond acceptors (Lipinski definition) is 2. The number of carbonyl (C=O) groups excluding carboxylic acids is 1. The fourth-order valence-corrected chi connectivity index (χ4v) is 11.2. The minimum Gasteiger partial charge on any atom is -0.462 e. The Bertz CT molecular complexity index is 844. The molecule has 0 radical (unpaired) electrons. The molecule has 0 aliphatic heterocycles. The van der Waals surface area contributed by atoms with Crippen LogP contribution in [-0.4, -0.2) is 12.1 Å². The van der Waals surface area contributed by atoms with Crippen LogP contribution in [0.5, 0.6) is 0 Å². The van der Waals surface area contributed by atoms with E-state index in [0.717, 1.165) is 30.1 Å². The molecule has 0 N–H and O–H groups in total. The second kappa shape index (κ2) is 8.11. The van der Waals surface area contributed by atoms with Crippen molar-refractivity contribution in [2.75, 3.05) is 0 Å². The summed E-state index contributed by atoms with van der Waals surface area (Å²) < 4.78 is 5.80. The van der Waals surface area contributed by atoms with Gasteiger partial charge >= 0.3 is 5.97 Å². The summed E-state index contributed by atoms with van der Waals surface area (Å²) in [5.41, 5.74) is 3.61. The number of ether oxygens (including phenoxy) is 1. The number of rotatable bonds is 6. The quantitative estimate of drug-likeness (QED) is 0.288. The molecular weight excluding hydrogens is 416 g/mol. The van der Waals surface area contributed by atoms with Crippen molar-refractivity contribution in [3.63, 3.8) is 0 Å². The lowest BCUT2D eigenvalue weighted by molar-refractivity contribution is -0.165. The second-order valence-electron chi connectivity index (χ2n) is 14.6. The topological polar surface area (TPSA) is 26.3 Å². The van der Waals surface area contributed by atoms with Crippen LogP contribution in [0.25, 0.3) is 0 Å². The summed E-state index contributed by atoms with van der Waals surface area (Å²) in [6.45, 7) is 21.0. The molecule has 0 aromatic carbocycles. The van der Waals surface area contributed by atoms with Gasteiger partial charge in [-0.15, -0.1) is 0 Å². The molecule has 0 unspecified atom stereocenters. The summed E-state index contributed by atoms with van der Waals surface area (Å²) in [7, 11) is 0. The smallest absolute Gasteiger partial charge is 0.302 e. The van der Waals surface area contributed by atoms with Gasteiger partial charge in [0.2, 0.25) is 0 Å². The first-order chi connectivity index (χ1) is 15.9. The van der Waals surface area contributed by atoms with Crippen LogP contribution in [0.4, 0.5) is 0 Å². The van der Waals surface area contributed by atoms with Crippen LogP contribution in [-0.2, 0) is 9.53 Å². The Balaban J connectivity index is 1.35. The molecule has 5 saturated carbocycles. The lowest BCUT2D eigenvalue weighted by atomic mass is 9.43. The van der Waals surface area contributed by atoms with Crippen molar-refractivity contribution in [1.29, 1.82) is 0 Å². The highest BCUT2D eigenvalue weighted by Gasteiger charge is 2.81. The van der Waals surface area contributed by atoms with Gasteiger partial charge in [-0.3, -0.25) is 4.79 Å². The van der Waals surface area contributed by atoms with Gasteiger partial charge in [-0.2, -0.15) is 0 Å². The summed E-state index contributed by atoms with van der Waals surface area (Å²) >= 11 is 0. The summed E-state index contributed by atoms with van der Waals surface area (Å²) in [5.74, 6) is 4.43. The number of fused-ring (bicyclic) bond motifs is 2. The highest BCUT2D eigenvalue weighted by Crippen LogP contribution is 2.88. The highest BCUT2D eigenvalue weighted by atomic mass is 16.5. The Hall–Kier alpha value is -0.790. The van der Waals surface area contributed by atoms with Crippen molar-refractivity contribution in [3.05, 3.63) is 12.2 Å². The van der Waals surface area contributed by atoms with Crippen LogP contribution in [0.2, 0.25) is 0 Å². The monoisotopic (exact) mass is 468 g/mol. The van der Waals surface area contributed by atoms with E-state index in [1.54, 1.807) is 6.92 Å². The van der Waals surface area contributed by atoms with Gasteiger partial charge in [0.1, 0.15) is 6.10 Å². The average molecular weight is 469 g/mol. The van der Waals surface area contributed by atoms with Crippen molar-refractivity contribution < 1.29 is 9.53 Å². The predicted molar refractivity (Wildman–Crippen MR) is 140 cm³/mol. The van der Waals surface area contributed by atoms with Crippen molar-refractivity contribution in [3.8, 4) is 0 Å². The maximum atomic E-state index is 11.7. The molecule has 0 amide bonds. The molecule has 5 aliphatic rings. The molecule has 0 bridgehead atoms.